The van der Waals surface area contributed by atoms with Crippen molar-refractivity contribution in [1.29, 1.82) is 0 Å². The molecule has 1 aliphatic heterocycles. The highest BCUT2D eigenvalue weighted by atomic mass is 16.2. The van der Waals surface area contributed by atoms with Gasteiger partial charge in [-0.25, -0.2) is 29.3 Å². The van der Waals surface area contributed by atoms with Crippen molar-refractivity contribution in [2.75, 3.05) is 31.1 Å². The van der Waals surface area contributed by atoms with Gasteiger partial charge < -0.3 is 9.80 Å². The van der Waals surface area contributed by atoms with Gasteiger partial charge in [-0.2, -0.15) is 10.2 Å². The SMILES string of the molecule is O=C(Cn1cncn1)N1CCN(c2cc(-n3cncn3)ncn2)CC1. The second kappa shape index (κ2) is 6.63. The summed E-state index contributed by atoms with van der Waals surface area (Å²) in [5.41, 5.74) is 0. The van der Waals surface area contributed by atoms with Crippen LogP contribution in [0, 0.1) is 0 Å². The molecule has 0 bridgehead atoms. The lowest BCUT2D eigenvalue weighted by Crippen LogP contribution is -2.49. The number of piperazine rings is 1. The topological polar surface area (TPSA) is 111 Å². The third-order valence-electron chi connectivity index (χ3n) is 4.01. The quantitative estimate of drug-likeness (QED) is 0.594. The Labute approximate surface area is 143 Å². The van der Waals surface area contributed by atoms with Gasteiger partial charge in [-0.05, 0) is 0 Å². The molecule has 0 atom stereocenters. The van der Waals surface area contributed by atoms with Crippen LogP contribution in [0.2, 0.25) is 0 Å². The Morgan fingerprint density at radius 2 is 1.68 bits per heavy atom. The number of hydrogen-bond acceptors (Lipinski definition) is 8. The highest BCUT2D eigenvalue weighted by molar-refractivity contribution is 5.76. The first-order chi connectivity index (χ1) is 12.3. The lowest BCUT2D eigenvalue weighted by atomic mass is 10.3. The average Bonchev–Trinajstić information content (AvgIpc) is 3.36. The molecule has 4 heterocycles. The molecule has 0 aromatic carbocycles. The summed E-state index contributed by atoms with van der Waals surface area (Å²) in [5, 5.41) is 8.04. The minimum absolute atomic E-state index is 0.0381. The molecule has 11 heteroatoms. The predicted molar refractivity (Wildman–Crippen MR) is 85.8 cm³/mol. The van der Waals surface area contributed by atoms with Crippen molar-refractivity contribution in [3.8, 4) is 5.82 Å². The van der Waals surface area contributed by atoms with Gasteiger partial charge in [0.05, 0.1) is 0 Å². The summed E-state index contributed by atoms with van der Waals surface area (Å²) in [6.07, 6.45) is 7.52. The second-order valence-corrected chi connectivity index (χ2v) is 5.54. The predicted octanol–water partition coefficient (Wildman–Crippen LogP) is -1.00. The molecule has 0 aliphatic carbocycles. The number of aromatic nitrogens is 8. The van der Waals surface area contributed by atoms with Gasteiger partial charge >= 0.3 is 0 Å². The van der Waals surface area contributed by atoms with Gasteiger partial charge in [0.25, 0.3) is 0 Å². The molecule has 0 radical (unpaired) electrons. The van der Waals surface area contributed by atoms with E-state index in [2.05, 4.69) is 35.0 Å². The van der Waals surface area contributed by atoms with Gasteiger partial charge in [0.1, 0.15) is 44.0 Å². The number of carbonyl (C=O) groups excluding carboxylic acids is 1. The van der Waals surface area contributed by atoms with E-state index in [4.69, 9.17) is 0 Å². The van der Waals surface area contributed by atoms with Crippen LogP contribution >= 0.6 is 0 Å². The summed E-state index contributed by atoms with van der Waals surface area (Å²) in [6.45, 7) is 2.89. The van der Waals surface area contributed by atoms with Gasteiger partial charge in [-0.15, -0.1) is 0 Å². The van der Waals surface area contributed by atoms with E-state index in [-0.39, 0.29) is 12.5 Å². The summed E-state index contributed by atoms with van der Waals surface area (Å²) in [6, 6.07) is 1.86. The maximum Gasteiger partial charge on any atom is 0.244 e. The molecule has 1 saturated heterocycles. The molecule has 1 aliphatic rings. The standard InChI is InChI=1S/C14H16N10O/c25-14(6-23-10-15-7-19-23)22-3-1-21(2-4-22)12-5-13(18-9-17-12)24-11-16-8-20-24/h5,7-11H,1-4,6H2. The third kappa shape index (κ3) is 3.29. The number of nitrogens with zero attached hydrogens (tertiary/aromatic N) is 10. The van der Waals surface area contributed by atoms with Crippen LogP contribution in [0.15, 0.2) is 37.7 Å². The van der Waals surface area contributed by atoms with E-state index >= 15 is 0 Å². The minimum Gasteiger partial charge on any atom is -0.353 e. The van der Waals surface area contributed by atoms with Crippen LogP contribution in [0.4, 0.5) is 5.82 Å². The first-order valence-electron chi connectivity index (χ1n) is 7.82. The van der Waals surface area contributed by atoms with Crippen LogP contribution in [0.5, 0.6) is 0 Å². The van der Waals surface area contributed by atoms with Gasteiger partial charge in [-0.1, -0.05) is 0 Å². The molecule has 3 aromatic heterocycles. The summed E-state index contributed by atoms with van der Waals surface area (Å²) in [4.78, 5) is 32.6. The zero-order valence-electron chi connectivity index (χ0n) is 13.4. The van der Waals surface area contributed by atoms with Gasteiger partial charge in [0, 0.05) is 32.2 Å². The van der Waals surface area contributed by atoms with Crippen LogP contribution in [0.3, 0.4) is 0 Å². The molecule has 25 heavy (non-hydrogen) atoms. The van der Waals surface area contributed by atoms with Crippen molar-refractivity contribution in [2.45, 2.75) is 6.54 Å². The third-order valence-corrected chi connectivity index (χ3v) is 4.01. The number of carbonyl (C=O) groups is 1. The van der Waals surface area contributed by atoms with Crippen LogP contribution in [0.25, 0.3) is 5.82 Å². The molecule has 0 saturated carbocycles. The molecular formula is C14H16N10O. The summed E-state index contributed by atoms with van der Waals surface area (Å²) in [5.74, 6) is 1.51. The van der Waals surface area contributed by atoms with Crippen molar-refractivity contribution < 1.29 is 4.79 Å². The molecule has 0 N–H and O–H groups in total. The Hall–Kier alpha value is -3.37. The lowest BCUT2D eigenvalue weighted by Gasteiger charge is -2.35. The highest BCUT2D eigenvalue weighted by Gasteiger charge is 2.22. The van der Waals surface area contributed by atoms with E-state index in [1.165, 1.54) is 23.7 Å². The number of amides is 1. The van der Waals surface area contributed by atoms with Gasteiger partial charge in [-0.3, -0.25) is 4.79 Å². The molecular weight excluding hydrogens is 324 g/mol. The van der Waals surface area contributed by atoms with Crippen molar-refractivity contribution in [3.05, 3.63) is 37.7 Å². The van der Waals surface area contributed by atoms with Gasteiger partial charge in [0.15, 0.2) is 5.82 Å². The largest absolute Gasteiger partial charge is 0.353 e. The second-order valence-electron chi connectivity index (χ2n) is 5.54. The molecule has 1 fully saturated rings. The average molecular weight is 340 g/mol. The van der Waals surface area contributed by atoms with Gasteiger partial charge in [0.2, 0.25) is 5.91 Å². The van der Waals surface area contributed by atoms with Crippen LogP contribution in [-0.4, -0.2) is 76.5 Å². The van der Waals surface area contributed by atoms with E-state index in [1.54, 1.807) is 17.3 Å². The Bertz CT molecular complexity index is 823. The fourth-order valence-electron chi connectivity index (χ4n) is 2.70. The van der Waals surface area contributed by atoms with Crippen LogP contribution in [0.1, 0.15) is 0 Å². The molecule has 0 unspecified atom stereocenters. The fourth-order valence-corrected chi connectivity index (χ4v) is 2.70. The van der Waals surface area contributed by atoms with Crippen molar-refractivity contribution in [3.63, 3.8) is 0 Å². The zero-order valence-corrected chi connectivity index (χ0v) is 13.4. The normalized spacial score (nSPS) is 14.7. The van der Waals surface area contributed by atoms with E-state index in [0.29, 0.717) is 32.0 Å². The monoisotopic (exact) mass is 340 g/mol. The molecule has 128 valence electrons. The minimum atomic E-state index is 0.0381. The maximum atomic E-state index is 12.3. The maximum absolute atomic E-state index is 12.3. The molecule has 4 rings (SSSR count). The molecule has 11 nitrogen and oxygen atoms in total. The first-order valence-corrected chi connectivity index (χ1v) is 7.82. The smallest absolute Gasteiger partial charge is 0.244 e. The lowest BCUT2D eigenvalue weighted by molar-refractivity contribution is -0.132. The van der Waals surface area contributed by atoms with E-state index in [9.17, 15) is 4.79 Å². The van der Waals surface area contributed by atoms with E-state index in [0.717, 1.165) is 5.82 Å². The van der Waals surface area contributed by atoms with Crippen LogP contribution < -0.4 is 4.90 Å². The number of anilines is 1. The highest BCUT2D eigenvalue weighted by Crippen LogP contribution is 2.15. The number of rotatable bonds is 4. The van der Waals surface area contributed by atoms with Crippen molar-refractivity contribution >= 4 is 11.7 Å². The van der Waals surface area contributed by atoms with Crippen molar-refractivity contribution in [1.82, 2.24) is 44.4 Å². The van der Waals surface area contributed by atoms with E-state index in [1.807, 2.05) is 11.0 Å². The zero-order chi connectivity index (χ0) is 17.1. The first kappa shape index (κ1) is 15.2. The Balaban J connectivity index is 1.39. The summed E-state index contributed by atoms with van der Waals surface area (Å²) >= 11 is 0. The van der Waals surface area contributed by atoms with Crippen molar-refractivity contribution in [2.24, 2.45) is 0 Å². The Morgan fingerprint density at radius 3 is 2.40 bits per heavy atom. The molecule has 1 amide bonds. The van der Waals surface area contributed by atoms with Crippen LogP contribution in [-0.2, 0) is 11.3 Å². The Kier molecular flexibility index (Phi) is 4.02. The number of hydrogen-bond donors (Lipinski definition) is 0. The molecule has 3 aromatic rings. The Morgan fingerprint density at radius 1 is 0.920 bits per heavy atom. The molecule has 0 spiro atoms. The fraction of sp³-hybridized carbons (Fsp3) is 0.357. The van der Waals surface area contributed by atoms with E-state index < -0.39 is 0 Å². The summed E-state index contributed by atoms with van der Waals surface area (Å²) < 4.78 is 3.12. The summed E-state index contributed by atoms with van der Waals surface area (Å²) in [7, 11) is 0.